The molecule has 1 aliphatic heterocycles. The Balaban J connectivity index is 1.80. The number of benzene rings is 2. The van der Waals surface area contributed by atoms with Gasteiger partial charge in [0.15, 0.2) is 0 Å². The van der Waals surface area contributed by atoms with Crippen LogP contribution in [0.4, 0.5) is 8.78 Å². The molecule has 1 N–H and O–H groups in total. The average molecular weight is 345 g/mol. The summed E-state index contributed by atoms with van der Waals surface area (Å²) in [6, 6.07) is 11.7. The molecule has 4 nitrogen and oxygen atoms in total. The van der Waals surface area contributed by atoms with Crippen LogP contribution in [0.1, 0.15) is 28.8 Å². The van der Waals surface area contributed by atoms with Crippen LogP contribution in [0.25, 0.3) is 0 Å². The molecule has 1 saturated heterocycles. The van der Waals surface area contributed by atoms with Crippen molar-refractivity contribution in [3.63, 3.8) is 0 Å². The van der Waals surface area contributed by atoms with Crippen LogP contribution in [0.2, 0.25) is 0 Å². The number of carboxylic acids is 1. The van der Waals surface area contributed by atoms with Gasteiger partial charge in [0.1, 0.15) is 11.6 Å². The Labute approximate surface area is 143 Å². The van der Waals surface area contributed by atoms with Crippen LogP contribution in [0, 0.1) is 11.6 Å². The maximum Gasteiger partial charge on any atom is 0.314 e. The summed E-state index contributed by atoms with van der Waals surface area (Å²) < 4.78 is 26.8. The second-order valence-electron chi connectivity index (χ2n) is 6.17. The Morgan fingerprint density at radius 1 is 1.00 bits per heavy atom. The van der Waals surface area contributed by atoms with Gasteiger partial charge in [-0.3, -0.25) is 9.59 Å². The van der Waals surface area contributed by atoms with Crippen molar-refractivity contribution in [3.05, 3.63) is 71.3 Å². The van der Waals surface area contributed by atoms with E-state index in [0.717, 1.165) is 12.1 Å². The molecule has 0 unspecified atom stereocenters. The summed E-state index contributed by atoms with van der Waals surface area (Å²) in [5, 5.41) is 9.75. The van der Waals surface area contributed by atoms with E-state index >= 15 is 0 Å². The third-order valence-electron chi connectivity index (χ3n) is 4.80. The molecule has 1 fully saturated rings. The van der Waals surface area contributed by atoms with Gasteiger partial charge in [-0.15, -0.1) is 0 Å². The van der Waals surface area contributed by atoms with Gasteiger partial charge in [0.2, 0.25) is 0 Å². The Hall–Kier alpha value is -2.76. The lowest BCUT2D eigenvalue weighted by atomic mass is 9.72. The number of halogens is 2. The first-order valence-corrected chi connectivity index (χ1v) is 7.97. The summed E-state index contributed by atoms with van der Waals surface area (Å²) >= 11 is 0. The molecule has 1 heterocycles. The van der Waals surface area contributed by atoms with E-state index in [-0.39, 0.29) is 31.5 Å². The van der Waals surface area contributed by atoms with Crippen LogP contribution in [0.3, 0.4) is 0 Å². The third-order valence-corrected chi connectivity index (χ3v) is 4.80. The molecule has 0 bridgehead atoms. The van der Waals surface area contributed by atoms with Crippen molar-refractivity contribution in [3.8, 4) is 0 Å². The molecule has 3 rings (SSSR count). The van der Waals surface area contributed by atoms with Crippen molar-refractivity contribution in [1.29, 1.82) is 0 Å². The lowest BCUT2D eigenvalue weighted by molar-refractivity contribution is -0.145. The van der Waals surface area contributed by atoms with Gasteiger partial charge in [0.25, 0.3) is 5.91 Å². The minimum absolute atomic E-state index is 0.191. The first kappa shape index (κ1) is 17.1. The molecule has 0 saturated carbocycles. The normalized spacial score (nSPS) is 16.5. The largest absolute Gasteiger partial charge is 0.481 e. The molecular weight excluding hydrogens is 328 g/mol. The Bertz CT molecular complexity index is 800. The van der Waals surface area contributed by atoms with E-state index in [4.69, 9.17) is 0 Å². The highest BCUT2D eigenvalue weighted by Crippen LogP contribution is 2.36. The predicted octanol–water partition coefficient (Wildman–Crippen LogP) is 3.22. The minimum Gasteiger partial charge on any atom is -0.481 e. The van der Waals surface area contributed by atoms with E-state index in [1.807, 2.05) is 6.07 Å². The van der Waals surface area contributed by atoms with Crippen LogP contribution in [-0.2, 0) is 10.2 Å². The summed E-state index contributed by atoms with van der Waals surface area (Å²) in [7, 11) is 0. The molecule has 0 aliphatic carbocycles. The van der Waals surface area contributed by atoms with Crippen molar-refractivity contribution in [1.82, 2.24) is 4.90 Å². The van der Waals surface area contributed by atoms with E-state index in [0.29, 0.717) is 11.6 Å². The topological polar surface area (TPSA) is 57.6 Å². The fourth-order valence-corrected chi connectivity index (χ4v) is 3.31. The molecule has 25 heavy (non-hydrogen) atoms. The van der Waals surface area contributed by atoms with Gasteiger partial charge in [0.05, 0.1) is 11.0 Å². The number of rotatable bonds is 3. The van der Waals surface area contributed by atoms with Crippen molar-refractivity contribution in [2.75, 3.05) is 13.1 Å². The van der Waals surface area contributed by atoms with Crippen LogP contribution in [0.15, 0.2) is 48.5 Å². The summed E-state index contributed by atoms with van der Waals surface area (Å²) in [4.78, 5) is 25.8. The number of hydrogen-bond acceptors (Lipinski definition) is 2. The van der Waals surface area contributed by atoms with E-state index < -0.39 is 28.9 Å². The van der Waals surface area contributed by atoms with Gasteiger partial charge < -0.3 is 10.0 Å². The lowest BCUT2D eigenvalue weighted by Gasteiger charge is -2.39. The van der Waals surface area contributed by atoms with Gasteiger partial charge in [-0.05, 0) is 30.5 Å². The Morgan fingerprint density at radius 3 is 2.20 bits per heavy atom. The molecular formula is C19H17F2NO3. The Kier molecular flexibility index (Phi) is 4.53. The van der Waals surface area contributed by atoms with E-state index in [1.165, 1.54) is 4.90 Å². The fourth-order valence-electron chi connectivity index (χ4n) is 3.31. The Morgan fingerprint density at radius 2 is 1.64 bits per heavy atom. The second-order valence-corrected chi connectivity index (χ2v) is 6.17. The highest BCUT2D eigenvalue weighted by atomic mass is 19.1. The molecule has 0 atom stereocenters. The standard InChI is InChI=1S/C19H17F2NO3/c20-14-6-7-15(16(21)12-14)17(23)22-10-8-19(9-11-22,18(24)25)13-4-2-1-3-5-13/h1-7,12H,8-11H2,(H,24,25). The second kappa shape index (κ2) is 6.63. The zero-order valence-corrected chi connectivity index (χ0v) is 13.4. The first-order valence-electron chi connectivity index (χ1n) is 7.97. The minimum atomic E-state index is -1.06. The van der Waals surface area contributed by atoms with Crippen molar-refractivity contribution in [2.45, 2.75) is 18.3 Å². The summed E-state index contributed by atoms with van der Waals surface area (Å²) in [6.45, 7) is 0.383. The lowest BCUT2D eigenvalue weighted by Crippen LogP contribution is -2.49. The molecule has 2 aromatic rings. The van der Waals surface area contributed by atoms with Crippen molar-refractivity contribution < 1.29 is 23.5 Å². The van der Waals surface area contributed by atoms with Crippen LogP contribution in [-0.4, -0.2) is 35.0 Å². The molecule has 130 valence electrons. The van der Waals surface area contributed by atoms with E-state index in [2.05, 4.69) is 0 Å². The summed E-state index contributed by atoms with van der Waals surface area (Å²) in [5.74, 6) is -3.15. The highest BCUT2D eigenvalue weighted by molar-refractivity contribution is 5.95. The van der Waals surface area contributed by atoms with Crippen molar-refractivity contribution >= 4 is 11.9 Å². The van der Waals surface area contributed by atoms with Gasteiger partial charge in [-0.1, -0.05) is 30.3 Å². The van der Waals surface area contributed by atoms with Gasteiger partial charge in [0, 0.05) is 19.2 Å². The molecule has 2 aromatic carbocycles. The molecule has 0 spiro atoms. The van der Waals surface area contributed by atoms with Crippen molar-refractivity contribution in [2.24, 2.45) is 0 Å². The van der Waals surface area contributed by atoms with Gasteiger partial charge >= 0.3 is 5.97 Å². The SMILES string of the molecule is O=C(c1ccc(F)cc1F)N1CCC(C(=O)O)(c2ccccc2)CC1. The summed E-state index contributed by atoms with van der Waals surface area (Å²) in [5.41, 5.74) is -0.564. The fraction of sp³-hybridized carbons (Fsp3) is 0.263. The number of carboxylic acid groups (broad SMARTS) is 1. The maximum atomic E-state index is 13.8. The number of piperidine rings is 1. The average Bonchev–Trinajstić information content (AvgIpc) is 2.62. The zero-order valence-electron chi connectivity index (χ0n) is 13.4. The van der Waals surface area contributed by atoms with Gasteiger partial charge in [-0.2, -0.15) is 0 Å². The number of likely N-dealkylation sites (tertiary alicyclic amines) is 1. The van der Waals surface area contributed by atoms with E-state index in [1.54, 1.807) is 24.3 Å². The van der Waals surface area contributed by atoms with E-state index in [9.17, 15) is 23.5 Å². The number of nitrogens with zero attached hydrogens (tertiary/aromatic N) is 1. The molecule has 1 aliphatic rings. The number of aliphatic carboxylic acids is 1. The summed E-state index contributed by atoms with van der Waals surface area (Å²) in [6.07, 6.45) is 0.474. The smallest absolute Gasteiger partial charge is 0.314 e. The van der Waals surface area contributed by atoms with Crippen LogP contribution in [0.5, 0.6) is 0 Å². The van der Waals surface area contributed by atoms with Crippen LogP contribution < -0.4 is 0 Å². The molecule has 6 heteroatoms. The monoisotopic (exact) mass is 345 g/mol. The first-order chi connectivity index (χ1) is 11.9. The predicted molar refractivity (Wildman–Crippen MR) is 87.3 cm³/mol. The number of carbonyl (C=O) groups is 2. The zero-order chi connectivity index (χ0) is 18.0. The molecule has 0 aromatic heterocycles. The highest BCUT2D eigenvalue weighted by Gasteiger charge is 2.44. The van der Waals surface area contributed by atoms with Gasteiger partial charge in [-0.25, -0.2) is 8.78 Å². The number of carbonyl (C=O) groups excluding carboxylic acids is 1. The number of amides is 1. The maximum absolute atomic E-state index is 13.8. The quantitative estimate of drug-likeness (QED) is 0.929. The molecule has 1 amide bonds. The molecule has 0 radical (unpaired) electrons. The third kappa shape index (κ3) is 3.12. The number of hydrogen-bond donors (Lipinski definition) is 1. The van der Waals surface area contributed by atoms with Crippen LogP contribution >= 0.6 is 0 Å².